The number of nitrogens with one attached hydrogen (secondary N) is 2. The molecule has 37 heavy (non-hydrogen) atoms. The van der Waals surface area contributed by atoms with Crippen molar-refractivity contribution in [1.82, 2.24) is 20.0 Å². The lowest BCUT2D eigenvalue weighted by atomic mass is 10.0. The molecule has 1 atom stereocenters. The maximum atomic E-state index is 13.0. The molecule has 1 aliphatic rings. The van der Waals surface area contributed by atoms with Gasteiger partial charge in [-0.25, -0.2) is 8.42 Å². The van der Waals surface area contributed by atoms with Crippen molar-refractivity contribution in [2.45, 2.75) is 31.3 Å². The summed E-state index contributed by atoms with van der Waals surface area (Å²) >= 11 is 0. The van der Waals surface area contributed by atoms with Gasteiger partial charge in [-0.1, -0.05) is 60.7 Å². The Balaban J connectivity index is 1.29. The van der Waals surface area contributed by atoms with Gasteiger partial charge in [-0.2, -0.15) is 5.10 Å². The number of hydrogen-bond donors (Lipinski definition) is 2. The van der Waals surface area contributed by atoms with E-state index in [9.17, 15) is 8.42 Å². The summed E-state index contributed by atoms with van der Waals surface area (Å²) in [5.41, 5.74) is 6.57. The molecule has 0 amide bonds. The van der Waals surface area contributed by atoms with E-state index in [0.717, 1.165) is 43.0 Å². The van der Waals surface area contributed by atoms with Crippen LogP contribution in [-0.4, -0.2) is 42.7 Å². The molecule has 1 unspecified atom stereocenters. The molecule has 1 aliphatic heterocycles. The molecule has 5 rings (SSSR count). The number of benzene rings is 3. The molecule has 192 valence electrons. The molecule has 0 bridgehead atoms. The molecule has 1 aromatic heterocycles. The van der Waals surface area contributed by atoms with Crippen molar-refractivity contribution in [2.75, 3.05) is 24.4 Å². The maximum absolute atomic E-state index is 13.0. The van der Waals surface area contributed by atoms with Crippen molar-refractivity contribution in [3.63, 3.8) is 0 Å². The lowest BCUT2D eigenvalue weighted by Gasteiger charge is -2.34. The summed E-state index contributed by atoms with van der Waals surface area (Å²) in [4.78, 5) is 2.71. The molecule has 0 radical (unpaired) electrons. The largest absolute Gasteiger partial charge is 0.308 e. The predicted octanol–water partition coefficient (Wildman–Crippen LogP) is 4.65. The first-order valence-corrected chi connectivity index (χ1v) is 14.0. The van der Waals surface area contributed by atoms with E-state index in [4.69, 9.17) is 0 Å². The van der Waals surface area contributed by atoms with Crippen molar-refractivity contribution in [2.24, 2.45) is 7.05 Å². The molecule has 2 N–H and O–H groups in total. The zero-order valence-corrected chi connectivity index (χ0v) is 22.3. The number of hydrogen-bond acceptors (Lipinski definition) is 5. The van der Waals surface area contributed by atoms with Crippen LogP contribution in [0.1, 0.15) is 28.6 Å². The first-order valence-electron chi connectivity index (χ1n) is 12.5. The zero-order valence-electron chi connectivity index (χ0n) is 21.5. The van der Waals surface area contributed by atoms with E-state index in [-0.39, 0.29) is 4.90 Å². The van der Waals surface area contributed by atoms with Crippen LogP contribution in [0, 0.1) is 13.8 Å². The number of piperazine rings is 1. The second kappa shape index (κ2) is 10.5. The fraction of sp³-hybridized carbons (Fsp3) is 0.276. The minimum absolute atomic E-state index is 0.225. The predicted molar refractivity (Wildman–Crippen MR) is 148 cm³/mol. The Bertz CT molecular complexity index is 1480. The lowest BCUT2D eigenvalue weighted by molar-refractivity contribution is 0.193. The van der Waals surface area contributed by atoms with Gasteiger partial charge in [-0.05, 0) is 54.3 Å². The fourth-order valence-corrected chi connectivity index (χ4v) is 6.09. The Hall–Kier alpha value is -3.46. The fourth-order valence-electron chi connectivity index (χ4n) is 4.91. The van der Waals surface area contributed by atoms with Crippen LogP contribution < -0.4 is 10.0 Å². The number of aryl methyl sites for hydroxylation is 2. The monoisotopic (exact) mass is 515 g/mol. The number of anilines is 1. The van der Waals surface area contributed by atoms with E-state index < -0.39 is 10.0 Å². The summed E-state index contributed by atoms with van der Waals surface area (Å²) in [6.45, 7) is 7.44. The van der Waals surface area contributed by atoms with Crippen LogP contribution in [0.3, 0.4) is 0 Å². The Morgan fingerprint density at radius 1 is 0.973 bits per heavy atom. The van der Waals surface area contributed by atoms with Crippen molar-refractivity contribution < 1.29 is 8.42 Å². The van der Waals surface area contributed by atoms with Crippen LogP contribution >= 0.6 is 0 Å². The smallest absolute Gasteiger partial charge is 0.262 e. The van der Waals surface area contributed by atoms with Crippen molar-refractivity contribution >= 4 is 15.7 Å². The molecular weight excluding hydrogens is 482 g/mol. The summed E-state index contributed by atoms with van der Waals surface area (Å²) in [5.74, 6) is 0. The van der Waals surface area contributed by atoms with Gasteiger partial charge >= 0.3 is 0 Å². The summed E-state index contributed by atoms with van der Waals surface area (Å²) in [6, 6.07) is 26.5. The molecule has 1 fully saturated rings. The first-order chi connectivity index (χ1) is 17.8. The Morgan fingerprint density at radius 3 is 2.43 bits per heavy atom. The van der Waals surface area contributed by atoms with E-state index in [2.05, 4.69) is 74.6 Å². The van der Waals surface area contributed by atoms with Crippen molar-refractivity contribution in [3.8, 4) is 11.1 Å². The summed E-state index contributed by atoms with van der Waals surface area (Å²) in [5, 5.41) is 7.92. The van der Waals surface area contributed by atoms with E-state index >= 15 is 0 Å². The Morgan fingerprint density at radius 2 is 1.73 bits per heavy atom. The zero-order chi connectivity index (χ0) is 26.0. The minimum atomic E-state index is -3.72. The third-order valence-corrected chi connectivity index (χ3v) is 8.40. The van der Waals surface area contributed by atoms with Gasteiger partial charge in [0.2, 0.25) is 0 Å². The highest BCUT2D eigenvalue weighted by Gasteiger charge is 2.21. The average Bonchev–Trinajstić information content (AvgIpc) is 3.15. The van der Waals surface area contributed by atoms with Gasteiger partial charge in [0.25, 0.3) is 10.0 Å². The minimum Gasteiger partial charge on any atom is -0.308 e. The number of rotatable bonds is 7. The van der Waals surface area contributed by atoms with Crippen LogP contribution in [0.25, 0.3) is 11.1 Å². The molecule has 0 saturated carbocycles. The molecule has 0 spiro atoms. The SMILES string of the molecule is Cc1nn(C)c(C)c1NS(=O)(=O)c1ccc(-c2cccc(CN3CCNC(c4ccccc4)C3)c2)cc1. The van der Waals surface area contributed by atoms with Crippen molar-refractivity contribution in [3.05, 3.63) is 101 Å². The van der Waals surface area contributed by atoms with Gasteiger partial charge in [-0.15, -0.1) is 0 Å². The molecular formula is C29H33N5O2S. The molecule has 8 heteroatoms. The van der Waals surface area contributed by atoms with Gasteiger partial charge in [-0.3, -0.25) is 14.3 Å². The van der Waals surface area contributed by atoms with Gasteiger partial charge in [0.05, 0.1) is 22.0 Å². The number of sulfonamides is 1. The van der Waals surface area contributed by atoms with E-state index in [1.54, 1.807) is 30.8 Å². The Kier molecular flexibility index (Phi) is 7.15. The van der Waals surface area contributed by atoms with E-state index in [1.807, 2.05) is 19.1 Å². The van der Waals surface area contributed by atoms with Gasteiger partial charge in [0.1, 0.15) is 0 Å². The second-order valence-corrected chi connectivity index (χ2v) is 11.3. The highest BCUT2D eigenvalue weighted by molar-refractivity contribution is 7.92. The molecule has 1 saturated heterocycles. The van der Waals surface area contributed by atoms with Crippen LogP contribution in [-0.2, 0) is 23.6 Å². The highest BCUT2D eigenvalue weighted by atomic mass is 32.2. The maximum Gasteiger partial charge on any atom is 0.262 e. The highest BCUT2D eigenvalue weighted by Crippen LogP contribution is 2.26. The van der Waals surface area contributed by atoms with Crippen LogP contribution in [0.15, 0.2) is 83.8 Å². The van der Waals surface area contributed by atoms with Crippen LogP contribution in [0.4, 0.5) is 5.69 Å². The van der Waals surface area contributed by atoms with Gasteiger partial charge in [0.15, 0.2) is 0 Å². The second-order valence-electron chi connectivity index (χ2n) is 9.65. The third kappa shape index (κ3) is 5.61. The van der Waals surface area contributed by atoms with Crippen LogP contribution in [0.2, 0.25) is 0 Å². The molecule has 7 nitrogen and oxygen atoms in total. The third-order valence-electron chi connectivity index (χ3n) is 7.04. The first kappa shape index (κ1) is 25.2. The number of nitrogens with zero attached hydrogens (tertiary/aromatic N) is 3. The van der Waals surface area contributed by atoms with Crippen LogP contribution in [0.5, 0.6) is 0 Å². The molecule has 4 aromatic rings. The van der Waals surface area contributed by atoms with Gasteiger partial charge in [0, 0.05) is 39.3 Å². The molecule has 2 heterocycles. The summed E-state index contributed by atoms with van der Waals surface area (Å²) in [6.07, 6.45) is 0. The number of aromatic nitrogens is 2. The molecule has 3 aromatic carbocycles. The standard InChI is InChI=1S/C29H33N5O2S/c1-21-29(22(2)33(3)31-21)32-37(35,36)27-14-12-24(13-15-27)26-11-7-8-23(18-26)19-34-17-16-30-28(20-34)25-9-5-4-6-10-25/h4-15,18,28,30,32H,16-17,19-20H2,1-3H3. The normalized spacial score (nSPS) is 16.6. The van der Waals surface area contributed by atoms with Gasteiger partial charge < -0.3 is 5.32 Å². The van der Waals surface area contributed by atoms with E-state index in [1.165, 1.54) is 11.1 Å². The summed E-state index contributed by atoms with van der Waals surface area (Å²) < 4.78 is 30.4. The van der Waals surface area contributed by atoms with E-state index in [0.29, 0.717) is 17.4 Å². The average molecular weight is 516 g/mol. The summed E-state index contributed by atoms with van der Waals surface area (Å²) in [7, 11) is -1.92. The topological polar surface area (TPSA) is 79.3 Å². The quantitative estimate of drug-likeness (QED) is 0.375. The lowest BCUT2D eigenvalue weighted by Crippen LogP contribution is -2.45. The Labute approximate surface area is 219 Å². The van der Waals surface area contributed by atoms with Crippen molar-refractivity contribution in [1.29, 1.82) is 0 Å². The molecule has 0 aliphatic carbocycles.